The van der Waals surface area contributed by atoms with Gasteiger partial charge in [0.15, 0.2) is 6.29 Å². The van der Waals surface area contributed by atoms with Crippen molar-refractivity contribution in [3.63, 3.8) is 0 Å². The summed E-state index contributed by atoms with van der Waals surface area (Å²) in [7, 11) is 0. The lowest BCUT2D eigenvalue weighted by atomic mass is 10.2. The fraction of sp³-hybridized carbons (Fsp3) is 0. The fourth-order valence-electron chi connectivity index (χ4n) is 1.82. The largest absolute Gasteiger partial charge is 0.472 e. The molecule has 0 N–H and O–H groups in total. The average Bonchev–Trinajstić information content (AvgIpc) is 3.08. The lowest BCUT2D eigenvalue weighted by Crippen LogP contribution is -1.93. The normalized spacial score (nSPS) is 10.6. The Kier molecular flexibility index (Phi) is 2.93. The molecule has 0 amide bonds. The summed E-state index contributed by atoms with van der Waals surface area (Å²) in [6, 6.07) is 8.99. The van der Waals surface area contributed by atoms with Gasteiger partial charge in [0.05, 0.1) is 23.8 Å². The van der Waals surface area contributed by atoms with Crippen LogP contribution in [0.5, 0.6) is 0 Å². The summed E-state index contributed by atoms with van der Waals surface area (Å²) in [5.74, 6) is 0. The molecular weight excluding hydrogens is 264 g/mol. The zero-order valence-corrected chi connectivity index (χ0v) is 10.5. The van der Waals surface area contributed by atoms with Gasteiger partial charge in [0.25, 0.3) is 0 Å². The van der Waals surface area contributed by atoms with E-state index in [1.807, 2.05) is 12.1 Å². The molecule has 0 fully saturated rings. The fourth-order valence-corrected chi connectivity index (χ4v) is 1.95. The van der Waals surface area contributed by atoms with Crippen LogP contribution in [0.1, 0.15) is 10.4 Å². The van der Waals surface area contributed by atoms with Crippen LogP contribution in [0.15, 0.2) is 53.5 Å². The predicted octanol–water partition coefficient (Wildman–Crippen LogP) is 3.60. The molecule has 0 unspecified atom stereocenters. The molecular formula is C14H9ClN2O2. The molecule has 4 nitrogen and oxygen atoms in total. The van der Waals surface area contributed by atoms with E-state index < -0.39 is 0 Å². The summed E-state index contributed by atoms with van der Waals surface area (Å²) >= 11 is 5.85. The Morgan fingerprint density at radius 2 is 2.00 bits per heavy atom. The molecule has 1 aromatic carbocycles. The minimum atomic E-state index is 0.511. The van der Waals surface area contributed by atoms with Gasteiger partial charge in [0.2, 0.25) is 0 Å². The standard InChI is InChI=1S/C14H9ClN2O2/c15-12-1-3-13(4-2-12)17-7-11(8-18)14(16-17)10-5-6-19-9-10/h1-9H. The van der Waals surface area contributed by atoms with Gasteiger partial charge < -0.3 is 4.42 Å². The van der Waals surface area contributed by atoms with Crippen LogP contribution in [0.25, 0.3) is 16.9 Å². The maximum atomic E-state index is 11.1. The Hall–Kier alpha value is -2.33. The van der Waals surface area contributed by atoms with Crippen LogP contribution < -0.4 is 0 Å². The van der Waals surface area contributed by atoms with Crippen molar-refractivity contribution in [3.05, 3.63) is 59.6 Å². The number of benzene rings is 1. The highest BCUT2D eigenvalue weighted by Gasteiger charge is 2.12. The minimum absolute atomic E-state index is 0.511. The Bertz CT molecular complexity index is 700. The number of nitrogens with zero attached hydrogens (tertiary/aromatic N) is 2. The molecule has 0 atom stereocenters. The average molecular weight is 273 g/mol. The Morgan fingerprint density at radius 3 is 2.63 bits per heavy atom. The smallest absolute Gasteiger partial charge is 0.153 e. The third kappa shape index (κ3) is 2.18. The van der Waals surface area contributed by atoms with E-state index in [0.29, 0.717) is 16.3 Å². The third-order valence-corrected chi connectivity index (χ3v) is 3.01. The Balaban J connectivity index is 2.09. The number of aldehydes is 1. The summed E-state index contributed by atoms with van der Waals surface area (Å²) in [4.78, 5) is 11.1. The molecule has 94 valence electrons. The minimum Gasteiger partial charge on any atom is -0.472 e. The summed E-state index contributed by atoms with van der Waals surface area (Å²) in [5, 5.41) is 5.06. The van der Waals surface area contributed by atoms with Gasteiger partial charge in [0, 0.05) is 16.8 Å². The number of carbonyl (C=O) groups is 1. The number of furan rings is 1. The SMILES string of the molecule is O=Cc1cn(-c2ccc(Cl)cc2)nc1-c1ccoc1. The van der Waals surface area contributed by atoms with Crippen molar-refractivity contribution >= 4 is 17.9 Å². The molecule has 0 saturated carbocycles. The van der Waals surface area contributed by atoms with Crippen LogP contribution in [0.4, 0.5) is 0 Å². The maximum absolute atomic E-state index is 11.1. The van der Waals surface area contributed by atoms with Gasteiger partial charge in [-0.15, -0.1) is 0 Å². The third-order valence-electron chi connectivity index (χ3n) is 2.76. The first-order valence-corrected chi connectivity index (χ1v) is 5.99. The second-order valence-electron chi connectivity index (χ2n) is 3.98. The van der Waals surface area contributed by atoms with Crippen molar-refractivity contribution in [3.8, 4) is 16.9 Å². The van der Waals surface area contributed by atoms with E-state index in [9.17, 15) is 4.79 Å². The lowest BCUT2D eigenvalue weighted by Gasteiger charge is -2.00. The van der Waals surface area contributed by atoms with Crippen LogP contribution >= 0.6 is 11.6 Å². The molecule has 19 heavy (non-hydrogen) atoms. The van der Waals surface area contributed by atoms with E-state index >= 15 is 0 Å². The quantitative estimate of drug-likeness (QED) is 0.685. The molecule has 3 rings (SSSR count). The summed E-state index contributed by atoms with van der Waals surface area (Å²) in [6.45, 7) is 0. The first-order valence-electron chi connectivity index (χ1n) is 5.61. The lowest BCUT2D eigenvalue weighted by molar-refractivity contribution is 0.112. The molecule has 0 aliphatic carbocycles. The molecule has 2 heterocycles. The van der Waals surface area contributed by atoms with Crippen molar-refractivity contribution < 1.29 is 9.21 Å². The highest BCUT2D eigenvalue weighted by Crippen LogP contribution is 2.23. The van der Waals surface area contributed by atoms with Gasteiger partial charge in [-0.2, -0.15) is 5.10 Å². The molecule has 0 aliphatic heterocycles. The van der Waals surface area contributed by atoms with Gasteiger partial charge >= 0.3 is 0 Å². The van der Waals surface area contributed by atoms with Crippen LogP contribution in [0.3, 0.4) is 0 Å². The number of hydrogen-bond donors (Lipinski definition) is 0. The van der Waals surface area contributed by atoms with E-state index in [4.69, 9.17) is 16.0 Å². The van der Waals surface area contributed by atoms with Crippen LogP contribution in [0.2, 0.25) is 5.02 Å². The van der Waals surface area contributed by atoms with E-state index in [2.05, 4.69) is 5.10 Å². The van der Waals surface area contributed by atoms with Crippen molar-refractivity contribution in [2.24, 2.45) is 0 Å². The molecule has 0 spiro atoms. The first kappa shape index (κ1) is 11.7. The van der Waals surface area contributed by atoms with Crippen molar-refractivity contribution in [1.29, 1.82) is 0 Å². The molecule has 2 aromatic heterocycles. The summed E-state index contributed by atoms with van der Waals surface area (Å²) in [5.41, 5.74) is 2.71. The van der Waals surface area contributed by atoms with E-state index in [-0.39, 0.29) is 0 Å². The molecule has 0 saturated heterocycles. The highest BCUT2D eigenvalue weighted by molar-refractivity contribution is 6.30. The summed E-state index contributed by atoms with van der Waals surface area (Å²) in [6.07, 6.45) is 5.56. The monoisotopic (exact) mass is 272 g/mol. The number of aromatic nitrogens is 2. The second kappa shape index (κ2) is 4.74. The van der Waals surface area contributed by atoms with Gasteiger partial charge in [-0.25, -0.2) is 4.68 Å². The van der Waals surface area contributed by atoms with Gasteiger partial charge in [-0.05, 0) is 30.3 Å². The number of halogens is 1. The predicted molar refractivity (Wildman–Crippen MR) is 71.7 cm³/mol. The molecule has 3 aromatic rings. The van der Waals surface area contributed by atoms with Crippen LogP contribution in [-0.4, -0.2) is 16.1 Å². The van der Waals surface area contributed by atoms with E-state index in [1.165, 1.54) is 0 Å². The van der Waals surface area contributed by atoms with Crippen molar-refractivity contribution in [2.45, 2.75) is 0 Å². The molecule has 0 radical (unpaired) electrons. The van der Waals surface area contributed by atoms with Gasteiger partial charge in [0.1, 0.15) is 5.69 Å². The zero-order valence-electron chi connectivity index (χ0n) is 9.79. The van der Waals surface area contributed by atoms with E-state index in [1.54, 1.807) is 41.6 Å². The van der Waals surface area contributed by atoms with Crippen molar-refractivity contribution in [2.75, 3.05) is 0 Å². The van der Waals surface area contributed by atoms with Crippen LogP contribution in [0, 0.1) is 0 Å². The first-order chi connectivity index (χ1) is 9.28. The molecule has 0 aliphatic rings. The number of hydrogen-bond acceptors (Lipinski definition) is 3. The molecule has 5 heteroatoms. The Labute approximate surface area is 114 Å². The van der Waals surface area contributed by atoms with E-state index in [0.717, 1.165) is 17.5 Å². The highest BCUT2D eigenvalue weighted by atomic mass is 35.5. The Morgan fingerprint density at radius 1 is 1.21 bits per heavy atom. The molecule has 0 bridgehead atoms. The second-order valence-corrected chi connectivity index (χ2v) is 4.42. The maximum Gasteiger partial charge on any atom is 0.153 e. The van der Waals surface area contributed by atoms with Crippen LogP contribution in [-0.2, 0) is 0 Å². The van der Waals surface area contributed by atoms with Gasteiger partial charge in [-0.1, -0.05) is 11.6 Å². The number of rotatable bonds is 3. The van der Waals surface area contributed by atoms with Gasteiger partial charge in [-0.3, -0.25) is 4.79 Å². The number of carbonyl (C=O) groups excluding carboxylic acids is 1. The van der Waals surface area contributed by atoms with Crippen molar-refractivity contribution in [1.82, 2.24) is 9.78 Å². The summed E-state index contributed by atoms with van der Waals surface area (Å²) < 4.78 is 6.66. The topological polar surface area (TPSA) is 48.0 Å². The zero-order chi connectivity index (χ0) is 13.2.